The van der Waals surface area contributed by atoms with Gasteiger partial charge in [0.05, 0.1) is 10.7 Å². The van der Waals surface area contributed by atoms with Crippen LogP contribution >= 0.6 is 11.6 Å². The summed E-state index contributed by atoms with van der Waals surface area (Å²) in [5, 5.41) is 2.74. The number of furan rings is 1. The highest BCUT2D eigenvalue weighted by molar-refractivity contribution is 6.39. The summed E-state index contributed by atoms with van der Waals surface area (Å²) in [4.78, 5) is 38.8. The van der Waals surface area contributed by atoms with Crippen molar-refractivity contribution in [2.75, 3.05) is 4.90 Å². The number of imide groups is 2. The maximum atomic E-state index is 13.1. The number of carbonyl (C=O) groups excluding carboxylic acids is 3. The molecule has 162 valence electrons. The fraction of sp³-hybridized carbons (Fsp3) is 0.160. The first-order valence-corrected chi connectivity index (χ1v) is 10.6. The molecule has 0 spiro atoms. The van der Waals surface area contributed by atoms with Gasteiger partial charge < -0.3 is 4.42 Å². The maximum Gasteiger partial charge on any atom is 0.335 e. The third kappa shape index (κ3) is 4.09. The molecule has 0 unspecified atom stereocenters. The van der Waals surface area contributed by atoms with Crippen molar-refractivity contribution < 1.29 is 18.8 Å². The summed E-state index contributed by atoms with van der Waals surface area (Å²) < 4.78 is 5.78. The summed E-state index contributed by atoms with van der Waals surface area (Å²) in [5.74, 6) is -0.341. The van der Waals surface area contributed by atoms with Gasteiger partial charge >= 0.3 is 6.03 Å². The fourth-order valence-corrected chi connectivity index (χ4v) is 3.69. The van der Waals surface area contributed by atoms with E-state index in [0.717, 1.165) is 16.9 Å². The van der Waals surface area contributed by atoms with E-state index >= 15 is 0 Å². The summed E-state index contributed by atoms with van der Waals surface area (Å²) in [5.41, 5.74) is 1.98. The summed E-state index contributed by atoms with van der Waals surface area (Å²) in [6.45, 7) is 4.20. The number of anilines is 1. The van der Waals surface area contributed by atoms with Crippen molar-refractivity contribution in [2.24, 2.45) is 0 Å². The van der Waals surface area contributed by atoms with Gasteiger partial charge in [0.15, 0.2) is 0 Å². The van der Waals surface area contributed by atoms with Crippen LogP contribution in [0.3, 0.4) is 0 Å². The zero-order valence-electron chi connectivity index (χ0n) is 17.6. The average Bonchev–Trinajstić information content (AvgIpc) is 3.25. The number of rotatable bonds is 5. The molecule has 1 aromatic heterocycles. The van der Waals surface area contributed by atoms with E-state index in [9.17, 15) is 14.4 Å². The Morgan fingerprint density at radius 1 is 1.03 bits per heavy atom. The second kappa shape index (κ2) is 8.85. The lowest BCUT2D eigenvalue weighted by Crippen LogP contribution is -2.54. The molecule has 3 aromatic rings. The number of benzene rings is 2. The SMILES string of the molecule is CC[C@H](C)c1ccc(N2C(=O)NC(=O)/C(=C/c3ccc(-c4ccccc4Cl)o3)C2=O)cc1. The number of halogens is 1. The maximum absolute atomic E-state index is 13.1. The molecule has 2 heterocycles. The van der Waals surface area contributed by atoms with Crippen molar-refractivity contribution in [1.29, 1.82) is 0 Å². The number of urea groups is 1. The van der Waals surface area contributed by atoms with Crippen molar-refractivity contribution in [3.8, 4) is 11.3 Å². The normalized spacial score (nSPS) is 16.4. The number of amides is 4. The largest absolute Gasteiger partial charge is 0.457 e. The molecule has 1 atom stereocenters. The summed E-state index contributed by atoms with van der Waals surface area (Å²) in [7, 11) is 0. The molecular formula is C25H21ClN2O4. The lowest BCUT2D eigenvalue weighted by atomic mass is 9.98. The van der Waals surface area contributed by atoms with Crippen LogP contribution in [0.4, 0.5) is 10.5 Å². The van der Waals surface area contributed by atoms with Gasteiger partial charge in [0.25, 0.3) is 11.8 Å². The van der Waals surface area contributed by atoms with Crippen molar-refractivity contribution in [1.82, 2.24) is 5.32 Å². The Morgan fingerprint density at radius 2 is 1.75 bits per heavy atom. The van der Waals surface area contributed by atoms with Crippen molar-refractivity contribution in [2.45, 2.75) is 26.2 Å². The second-order valence-corrected chi connectivity index (χ2v) is 7.95. The van der Waals surface area contributed by atoms with E-state index in [1.54, 1.807) is 36.4 Å². The van der Waals surface area contributed by atoms with Gasteiger partial charge in [-0.3, -0.25) is 14.9 Å². The molecule has 0 aliphatic carbocycles. The Hall–Kier alpha value is -3.64. The van der Waals surface area contributed by atoms with Crippen LogP contribution in [0, 0.1) is 0 Å². The van der Waals surface area contributed by atoms with Crippen LogP contribution in [0.2, 0.25) is 5.02 Å². The first-order valence-electron chi connectivity index (χ1n) is 10.2. The van der Waals surface area contributed by atoms with Crippen LogP contribution < -0.4 is 10.2 Å². The quantitative estimate of drug-likeness (QED) is 0.396. The third-order valence-corrected chi connectivity index (χ3v) is 5.82. The Morgan fingerprint density at radius 3 is 2.44 bits per heavy atom. The zero-order chi connectivity index (χ0) is 22.8. The monoisotopic (exact) mass is 448 g/mol. The molecule has 4 rings (SSSR count). The van der Waals surface area contributed by atoms with E-state index in [0.29, 0.717) is 33.7 Å². The molecule has 1 saturated heterocycles. The first kappa shape index (κ1) is 21.6. The number of hydrogen-bond acceptors (Lipinski definition) is 4. The Kier molecular flexibility index (Phi) is 5.97. The van der Waals surface area contributed by atoms with Crippen molar-refractivity contribution in [3.05, 3.63) is 82.6 Å². The Bertz CT molecular complexity index is 1230. The molecule has 0 radical (unpaired) electrons. The topological polar surface area (TPSA) is 79.6 Å². The lowest BCUT2D eigenvalue weighted by molar-refractivity contribution is -0.122. The molecule has 0 bridgehead atoms. The van der Waals surface area contributed by atoms with Gasteiger partial charge in [-0.1, -0.05) is 49.7 Å². The van der Waals surface area contributed by atoms with E-state index < -0.39 is 17.8 Å². The molecule has 1 fully saturated rings. The molecule has 6 nitrogen and oxygen atoms in total. The minimum Gasteiger partial charge on any atom is -0.457 e. The van der Waals surface area contributed by atoms with Gasteiger partial charge in [0.1, 0.15) is 17.1 Å². The highest BCUT2D eigenvalue weighted by atomic mass is 35.5. The summed E-state index contributed by atoms with van der Waals surface area (Å²) >= 11 is 6.21. The molecule has 32 heavy (non-hydrogen) atoms. The van der Waals surface area contributed by atoms with Crippen LogP contribution in [0.5, 0.6) is 0 Å². The van der Waals surface area contributed by atoms with E-state index in [1.807, 2.05) is 24.3 Å². The zero-order valence-corrected chi connectivity index (χ0v) is 18.3. The van der Waals surface area contributed by atoms with Gasteiger partial charge in [-0.2, -0.15) is 0 Å². The van der Waals surface area contributed by atoms with E-state index in [4.69, 9.17) is 16.0 Å². The highest BCUT2D eigenvalue weighted by Gasteiger charge is 2.37. The Labute approximate surface area is 190 Å². The molecule has 1 aliphatic heterocycles. The average molecular weight is 449 g/mol. The second-order valence-electron chi connectivity index (χ2n) is 7.54. The van der Waals surface area contributed by atoms with Gasteiger partial charge in [-0.15, -0.1) is 0 Å². The molecule has 1 N–H and O–H groups in total. The van der Waals surface area contributed by atoms with Crippen LogP contribution in [0.15, 0.2) is 70.7 Å². The molecule has 0 saturated carbocycles. The van der Waals surface area contributed by atoms with Gasteiger partial charge in [-0.05, 0) is 60.4 Å². The number of nitrogens with zero attached hydrogens (tertiary/aromatic N) is 1. The van der Waals surface area contributed by atoms with Gasteiger partial charge in [0, 0.05) is 5.56 Å². The van der Waals surface area contributed by atoms with Crippen molar-refractivity contribution >= 4 is 41.2 Å². The van der Waals surface area contributed by atoms with E-state index in [-0.39, 0.29) is 5.57 Å². The minimum atomic E-state index is -0.787. The Balaban J connectivity index is 1.64. The molecule has 4 amide bonds. The van der Waals surface area contributed by atoms with Crippen LogP contribution in [-0.4, -0.2) is 17.8 Å². The number of barbiturate groups is 1. The van der Waals surface area contributed by atoms with Crippen LogP contribution in [0.1, 0.15) is 37.5 Å². The first-order chi connectivity index (χ1) is 15.4. The smallest absolute Gasteiger partial charge is 0.335 e. The summed E-state index contributed by atoms with van der Waals surface area (Å²) in [6.07, 6.45) is 2.30. The van der Waals surface area contributed by atoms with Crippen LogP contribution in [-0.2, 0) is 9.59 Å². The molecule has 2 aromatic carbocycles. The van der Waals surface area contributed by atoms with Crippen molar-refractivity contribution in [3.63, 3.8) is 0 Å². The standard InChI is InChI=1S/C25H21ClN2O4/c1-3-15(2)16-8-10-17(11-9-16)28-24(30)20(23(29)27-25(28)31)14-18-12-13-22(32-18)19-6-4-5-7-21(19)26/h4-15H,3H2,1-2H3,(H,27,29,31)/b20-14-/t15-/m0/s1. The van der Waals surface area contributed by atoms with Crippen LogP contribution in [0.25, 0.3) is 17.4 Å². The number of carbonyl (C=O) groups is 3. The van der Waals surface area contributed by atoms with E-state index in [2.05, 4.69) is 19.2 Å². The number of hydrogen-bond donors (Lipinski definition) is 1. The van der Waals surface area contributed by atoms with E-state index in [1.165, 1.54) is 6.08 Å². The number of nitrogens with one attached hydrogen (secondary N) is 1. The predicted molar refractivity (Wildman–Crippen MR) is 123 cm³/mol. The molecular weight excluding hydrogens is 428 g/mol. The van der Waals surface area contributed by atoms with Gasteiger partial charge in [0.2, 0.25) is 0 Å². The molecule has 7 heteroatoms. The minimum absolute atomic E-state index is 0.198. The molecule has 1 aliphatic rings. The summed E-state index contributed by atoms with van der Waals surface area (Å²) in [6, 6.07) is 16.9. The third-order valence-electron chi connectivity index (χ3n) is 5.49. The van der Waals surface area contributed by atoms with Gasteiger partial charge in [-0.25, -0.2) is 9.69 Å². The highest BCUT2D eigenvalue weighted by Crippen LogP contribution is 2.30. The predicted octanol–water partition coefficient (Wildman–Crippen LogP) is 5.78. The fourth-order valence-electron chi connectivity index (χ4n) is 3.46. The lowest BCUT2D eigenvalue weighted by Gasteiger charge is -2.26.